The van der Waals surface area contributed by atoms with E-state index in [4.69, 9.17) is 9.47 Å². The van der Waals surface area contributed by atoms with E-state index in [9.17, 15) is 19.2 Å². The third-order valence-electron chi connectivity index (χ3n) is 3.43. The van der Waals surface area contributed by atoms with Crippen LogP contribution in [0.2, 0.25) is 0 Å². The maximum Gasteiger partial charge on any atom is 0.339 e. The Morgan fingerprint density at radius 1 is 0.692 bits per heavy atom. The van der Waals surface area contributed by atoms with Crippen molar-refractivity contribution in [3.05, 3.63) is 47.6 Å². The van der Waals surface area contributed by atoms with Gasteiger partial charge in [0.15, 0.2) is 0 Å². The number of rotatable bonds is 10. The van der Waals surface area contributed by atoms with Gasteiger partial charge in [0.25, 0.3) is 0 Å². The second-order valence-corrected chi connectivity index (χ2v) is 5.02. The fourth-order valence-corrected chi connectivity index (χ4v) is 2.01. The van der Waals surface area contributed by atoms with Crippen molar-refractivity contribution in [3.63, 3.8) is 0 Å². The summed E-state index contributed by atoms with van der Waals surface area (Å²) in [6.07, 6.45) is 1.99. The van der Waals surface area contributed by atoms with Gasteiger partial charge in [0.05, 0.1) is 11.1 Å². The summed E-state index contributed by atoms with van der Waals surface area (Å²) in [5.74, 6) is -2.69. The van der Waals surface area contributed by atoms with Crippen molar-refractivity contribution in [1.82, 2.24) is 0 Å². The van der Waals surface area contributed by atoms with Crippen LogP contribution in [0.3, 0.4) is 0 Å². The highest BCUT2D eigenvalue weighted by Crippen LogP contribution is 2.36. The Morgan fingerprint density at radius 3 is 1.31 bits per heavy atom. The number of ether oxygens (including phenoxy) is 4. The molecule has 0 spiro atoms. The number of esters is 4. The Hall–Kier alpha value is -3.16. The molecule has 0 radical (unpaired) electrons. The van der Waals surface area contributed by atoms with Crippen molar-refractivity contribution in [2.24, 2.45) is 0 Å². The molecular weight excluding hydrogens is 344 g/mol. The van der Waals surface area contributed by atoms with Crippen LogP contribution >= 0.6 is 0 Å². The summed E-state index contributed by atoms with van der Waals surface area (Å²) in [5, 5.41) is 0. The Morgan fingerprint density at radius 2 is 1.00 bits per heavy atom. The monoisotopic (exact) mass is 364 g/mol. The summed E-state index contributed by atoms with van der Waals surface area (Å²) >= 11 is 0. The SMILES string of the molecule is C=CC(=O)OCCOC(=O)C1=C(C(=O)OCCOC(=O)C=C)C(C)=C1C. The molecule has 26 heavy (non-hydrogen) atoms. The summed E-state index contributed by atoms with van der Waals surface area (Å²) in [6.45, 7) is 9.25. The van der Waals surface area contributed by atoms with Crippen LogP contribution in [-0.4, -0.2) is 50.3 Å². The van der Waals surface area contributed by atoms with Gasteiger partial charge in [-0.05, 0) is 25.0 Å². The number of hydrogen-bond donors (Lipinski definition) is 0. The number of carbonyl (C=O) groups excluding carboxylic acids is 4. The summed E-state index contributed by atoms with van der Waals surface area (Å²) in [6, 6.07) is 0. The lowest BCUT2D eigenvalue weighted by molar-refractivity contribution is -0.148. The van der Waals surface area contributed by atoms with E-state index in [2.05, 4.69) is 22.6 Å². The quantitative estimate of drug-likeness (QED) is 0.246. The molecular formula is C18H20O8. The van der Waals surface area contributed by atoms with Crippen molar-refractivity contribution in [2.45, 2.75) is 13.8 Å². The first-order valence-corrected chi connectivity index (χ1v) is 7.68. The van der Waals surface area contributed by atoms with Gasteiger partial charge in [-0.2, -0.15) is 0 Å². The fraction of sp³-hybridized carbons (Fsp3) is 0.333. The second kappa shape index (κ2) is 9.97. The van der Waals surface area contributed by atoms with Gasteiger partial charge in [-0.25, -0.2) is 19.2 Å². The number of carbonyl (C=O) groups is 4. The van der Waals surface area contributed by atoms with Crippen LogP contribution < -0.4 is 0 Å². The normalized spacial score (nSPS) is 12.7. The molecule has 0 unspecified atom stereocenters. The van der Waals surface area contributed by atoms with Crippen molar-refractivity contribution in [1.29, 1.82) is 0 Å². The van der Waals surface area contributed by atoms with Gasteiger partial charge >= 0.3 is 23.9 Å². The van der Waals surface area contributed by atoms with Gasteiger partial charge in [-0.1, -0.05) is 13.2 Å². The van der Waals surface area contributed by atoms with Crippen LogP contribution in [0.4, 0.5) is 0 Å². The van der Waals surface area contributed by atoms with E-state index >= 15 is 0 Å². The van der Waals surface area contributed by atoms with Crippen molar-refractivity contribution in [2.75, 3.05) is 26.4 Å². The largest absolute Gasteiger partial charge is 0.459 e. The highest BCUT2D eigenvalue weighted by Gasteiger charge is 2.34. The molecule has 1 rings (SSSR count). The van der Waals surface area contributed by atoms with Crippen LogP contribution in [0.15, 0.2) is 47.6 Å². The van der Waals surface area contributed by atoms with Crippen LogP contribution in [0.5, 0.6) is 0 Å². The van der Waals surface area contributed by atoms with Crippen LogP contribution in [-0.2, 0) is 38.1 Å². The van der Waals surface area contributed by atoms with E-state index in [1.165, 1.54) is 0 Å². The molecule has 8 heteroatoms. The molecule has 0 aromatic heterocycles. The molecule has 1 aliphatic rings. The van der Waals surface area contributed by atoms with Gasteiger partial charge in [0.2, 0.25) is 0 Å². The minimum Gasteiger partial charge on any atom is -0.459 e. The second-order valence-electron chi connectivity index (χ2n) is 5.02. The molecule has 0 aliphatic heterocycles. The minimum atomic E-state index is -0.715. The molecule has 0 saturated heterocycles. The zero-order chi connectivity index (χ0) is 19.7. The standard InChI is InChI=1S/C18H20O8/c1-5-13(19)23-7-9-25-17(21)15-11(3)12(4)16(15)18(22)26-10-8-24-14(20)6-2/h5-6H,1-2,7-10H2,3-4H3. The molecule has 0 fully saturated rings. The maximum atomic E-state index is 12.1. The topological polar surface area (TPSA) is 105 Å². The van der Waals surface area contributed by atoms with E-state index in [1.54, 1.807) is 13.8 Å². The predicted octanol–water partition coefficient (Wildman–Crippen LogP) is 1.18. The number of hydrogen-bond acceptors (Lipinski definition) is 8. The van der Waals surface area contributed by atoms with E-state index in [1.807, 2.05) is 0 Å². The molecule has 8 nitrogen and oxygen atoms in total. The molecule has 140 valence electrons. The van der Waals surface area contributed by atoms with E-state index in [-0.39, 0.29) is 37.6 Å². The Balaban J connectivity index is 2.56. The minimum absolute atomic E-state index is 0.116. The van der Waals surface area contributed by atoms with Gasteiger partial charge in [0.1, 0.15) is 26.4 Å². The van der Waals surface area contributed by atoms with E-state index in [0.717, 1.165) is 12.2 Å². The summed E-state index contributed by atoms with van der Waals surface area (Å²) in [5.41, 5.74) is 1.46. The average molecular weight is 364 g/mol. The zero-order valence-electron chi connectivity index (χ0n) is 14.7. The molecule has 0 saturated carbocycles. The molecule has 0 atom stereocenters. The average Bonchev–Trinajstić information content (AvgIpc) is 2.64. The third-order valence-corrected chi connectivity index (χ3v) is 3.43. The molecule has 1 aliphatic carbocycles. The van der Waals surface area contributed by atoms with Gasteiger partial charge in [-0.15, -0.1) is 0 Å². The van der Waals surface area contributed by atoms with E-state index in [0.29, 0.717) is 11.1 Å². The lowest BCUT2D eigenvalue weighted by Gasteiger charge is -2.24. The smallest absolute Gasteiger partial charge is 0.339 e. The van der Waals surface area contributed by atoms with Crippen molar-refractivity contribution >= 4 is 23.9 Å². The highest BCUT2D eigenvalue weighted by molar-refractivity contribution is 6.11. The van der Waals surface area contributed by atoms with Crippen molar-refractivity contribution < 1.29 is 38.1 Å². The molecule has 0 N–H and O–H groups in total. The highest BCUT2D eigenvalue weighted by atomic mass is 16.6. The summed E-state index contributed by atoms with van der Waals surface area (Å²) in [4.78, 5) is 46.0. The third kappa shape index (κ3) is 5.44. The van der Waals surface area contributed by atoms with Crippen LogP contribution in [0, 0.1) is 0 Å². The summed E-state index contributed by atoms with van der Waals surface area (Å²) in [7, 11) is 0. The lowest BCUT2D eigenvalue weighted by atomic mass is 9.82. The van der Waals surface area contributed by atoms with Crippen LogP contribution in [0.1, 0.15) is 13.8 Å². The molecule has 0 amide bonds. The lowest BCUT2D eigenvalue weighted by Crippen LogP contribution is -2.26. The maximum absolute atomic E-state index is 12.1. The summed E-state index contributed by atoms with van der Waals surface area (Å²) < 4.78 is 19.3. The molecule has 0 aromatic rings. The van der Waals surface area contributed by atoms with Gasteiger partial charge in [-0.3, -0.25) is 0 Å². The Bertz CT molecular complexity index is 638. The first-order chi connectivity index (χ1) is 12.3. The molecule has 0 aromatic carbocycles. The first kappa shape index (κ1) is 20.9. The molecule has 0 heterocycles. The van der Waals surface area contributed by atoms with Gasteiger partial charge < -0.3 is 18.9 Å². The zero-order valence-corrected chi connectivity index (χ0v) is 14.7. The fourth-order valence-electron chi connectivity index (χ4n) is 2.01. The van der Waals surface area contributed by atoms with Gasteiger partial charge in [0, 0.05) is 12.2 Å². The van der Waals surface area contributed by atoms with Crippen molar-refractivity contribution in [3.8, 4) is 0 Å². The Labute approximate surface area is 150 Å². The van der Waals surface area contributed by atoms with E-state index < -0.39 is 23.9 Å². The van der Waals surface area contributed by atoms with Crippen LogP contribution in [0.25, 0.3) is 0 Å². The Kier molecular flexibility index (Phi) is 8.01. The predicted molar refractivity (Wildman–Crippen MR) is 89.6 cm³/mol. The first-order valence-electron chi connectivity index (χ1n) is 7.68. The molecule has 0 bridgehead atoms.